The van der Waals surface area contributed by atoms with E-state index in [9.17, 15) is 5.11 Å². The number of aromatic nitrogens is 4. The van der Waals surface area contributed by atoms with Crippen molar-refractivity contribution >= 4 is 11.6 Å². The van der Waals surface area contributed by atoms with E-state index in [0.29, 0.717) is 6.04 Å². The third kappa shape index (κ3) is 2.96. The Balaban J connectivity index is 1.45. The number of nitrogens with zero attached hydrogens (tertiary/aromatic N) is 6. The molecule has 2 aliphatic heterocycles. The largest absolute Gasteiger partial charge is 0.394 e. The predicted octanol–water partition coefficient (Wildman–Crippen LogP) is 1.48. The van der Waals surface area contributed by atoms with Gasteiger partial charge in [-0.3, -0.25) is 0 Å². The smallest absolute Gasteiger partial charge is 0.134 e. The maximum atomic E-state index is 9.53. The zero-order valence-corrected chi connectivity index (χ0v) is 13.8. The first-order valence-corrected chi connectivity index (χ1v) is 8.77. The summed E-state index contributed by atoms with van der Waals surface area (Å²) in [5.74, 6) is 1.93. The van der Waals surface area contributed by atoms with E-state index < -0.39 is 0 Å². The standard InChI is InChI=1S/C17H24N6O/c24-11-15-2-1-6-23(15)17-10-16(19-12-20-17)21-7-3-14(4-8-21)22-9-5-18-13-22/h5,9-10,12-15,24H,1-4,6-8,11H2. The van der Waals surface area contributed by atoms with Gasteiger partial charge in [0.2, 0.25) is 0 Å². The lowest BCUT2D eigenvalue weighted by Crippen LogP contribution is -2.36. The first-order chi connectivity index (χ1) is 11.8. The SMILES string of the molecule is OCC1CCCN1c1cc(N2CCC(n3ccnc3)CC2)ncn1. The van der Waals surface area contributed by atoms with E-state index in [0.717, 1.165) is 57.0 Å². The summed E-state index contributed by atoms with van der Waals surface area (Å²) in [6, 6.07) is 2.80. The molecule has 0 radical (unpaired) electrons. The highest BCUT2D eigenvalue weighted by Gasteiger charge is 2.26. The van der Waals surface area contributed by atoms with Gasteiger partial charge in [-0.2, -0.15) is 0 Å². The zero-order chi connectivity index (χ0) is 16.4. The summed E-state index contributed by atoms with van der Waals surface area (Å²) in [6.45, 7) is 3.13. The Hall–Kier alpha value is -2.15. The van der Waals surface area contributed by atoms with Crippen molar-refractivity contribution in [3.05, 3.63) is 31.1 Å². The van der Waals surface area contributed by atoms with Gasteiger partial charge in [0.05, 0.1) is 19.0 Å². The van der Waals surface area contributed by atoms with Gasteiger partial charge >= 0.3 is 0 Å². The Bertz CT molecular complexity index is 653. The maximum absolute atomic E-state index is 9.53. The van der Waals surface area contributed by atoms with Crippen molar-refractivity contribution in [1.29, 1.82) is 0 Å². The van der Waals surface area contributed by atoms with E-state index in [2.05, 4.69) is 35.4 Å². The molecular formula is C17H24N6O. The third-order valence-electron chi connectivity index (χ3n) is 5.26. The average molecular weight is 328 g/mol. The fourth-order valence-electron chi connectivity index (χ4n) is 3.87. The van der Waals surface area contributed by atoms with E-state index in [1.807, 2.05) is 18.7 Å². The van der Waals surface area contributed by atoms with Gasteiger partial charge in [-0.25, -0.2) is 15.0 Å². The molecule has 1 unspecified atom stereocenters. The van der Waals surface area contributed by atoms with Gasteiger partial charge in [-0.1, -0.05) is 0 Å². The van der Waals surface area contributed by atoms with Crippen LogP contribution < -0.4 is 9.80 Å². The molecule has 2 fully saturated rings. The molecule has 7 nitrogen and oxygen atoms in total. The average Bonchev–Trinajstić information content (AvgIpc) is 3.33. The highest BCUT2D eigenvalue weighted by Crippen LogP contribution is 2.29. The first kappa shape index (κ1) is 15.4. The van der Waals surface area contributed by atoms with E-state index in [1.54, 1.807) is 6.33 Å². The Morgan fingerprint density at radius 1 is 1.08 bits per heavy atom. The van der Waals surface area contributed by atoms with Crippen LogP contribution in [-0.4, -0.2) is 56.9 Å². The van der Waals surface area contributed by atoms with Crippen LogP contribution in [0.3, 0.4) is 0 Å². The molecule has 1 N–H and O–H groups in total. The second-order valence-electron chi connectivity index (χ2n) is 6.63. The molecule has 0 aromatic carbocycles. The fraction of sp³-hybridized carbons (Fsp3) is 0.588. The Kier molecular flexibility index (Phi) is 4.34. The summed E-state index contributed by atoms with van der Waals surface area (Å²) in [6.07, 6.45) is 11.8. The number of rotatable bonds is 4. The molecule has 4 heterocycles. The normalized spacial score (nSPS) is 22.3. The van der Waals surface area contributed by atoms with Gasteiger partial charge in [0.25, 0.3) is 0 Å². The van der Waals surface area contributed by atoms with Crippen molar-refractivity contribution < 1.29 is 5.11 Å². The molecule has 2 aromatic heterocycles. The van der Waals surface area contributed by atoms with Gasteiger partial charge in [-0.15, -0.1) is 0 Å². The number of imidazole rings is 1. The third-order valence-corrected chi connectivity index (χ3v) is 5.26. The van der Waals surface area contributed by atoms with Crippen LogP contribution in [0, 0.1) is 0 Å². The lowest BCUT2D eigenvalue weighted by atomic mass is 10.1. The number of hydrogen-bond donors (Lipinski definition) is 1. The number of hydrogen-bond acceptors (Lipinski definition) is 6. The molecule has 2 saturated heterocycles. The summed E-state index contributed by atoms with van der Waals surface area (Å²) in [7, 11) is 0. The van der Waals surface area contributed by atoms with E-state index >= 15 is 0 Å². The van der Waals surface area contributed by atoms with Crippen LogP contribution >= 0.6 is 0 Å². The number of piperidine rings is 1. The van der Waals surface area contributed by atoms with Gasteiger partial charge < -0.3 is 19.5 Å². The zero-order valence-electron chi connectivity index (χ0n) is 13.8. The lowest BCUT2D eigenvalue weighted by molar-refractivity contribution is 0.266. The molecular weight excluding hydrogens is 304 g/mol. The Morgan fingerprint density at radius 3 is 2.67 bits per heavy atom. The van der Waals surface area contributed by atoms with Crippen molar-refractivity contribution in [2.45, 2.75) is 37.8 Å². The van der Waals surface area contributed by atoms with Crippen molar-refractivity contribution in [3.8, 4) is 0 Å². The van der Waals surface area contributed by atoms with Crippen LogP contribution in [0.1, 0.15) is 31.7 Å². The van der Waals surface area contributed by atoms with Crippen LogP contribution in [0.25, 0.3) is 0 Å². The van der Waals surface area contributed by atoms with Crippen LogP contribution in [0.2, 0.25) is 0 Å². The monoisotopic (exact) mass is 328 g/mol. The minimum Gasteiger partial charge on any atom is -0.394 e. The topological polar surface area (TPSA) is 70.3 Å². The molecule has 0 aliphatic carbocycles. The minimum absolute atomic E-state index is 0.190. The molecule has 0 bridgehead atoms. The van der Waals surface area contributed by atoms with Gasteiger partial charge in [0, 0.05) is 44.1 Å². The van der Waals surface area contributed by atoms with Crippen molar-refractivity contribution in [1.82, 2.24) is 19.5 Å². The minimum atomic E-state index is 0.190. The number of aliphatic hydroxyl groups is 1. The number of aliphatic hydroxyl groups excluding tert-OH is 1. The molecule has 0 amide bonds. The van der Waals surface area contributed by atoms with Crippen LogP contribution in [0.4, 0.5) is 11.6 Å². The van der Waals surface area contributed by atoms with Crippen LogP contribution in [-0.2, 0) is 0 Å². The molecule has 24 heavy (non-hydrogen) atoms. The summed E-state index contributed by atoms with van der Waals surface area (Å²) in [5.41, 5.74) is 0. The van der Waals surface area contributed by atoms with Crippen molar-refractivity contribution in [2.24, 2.45) is 0 Å². The molecule has 0 spiro atoms. The fourth-order valence-corrected chi connectivity index (χ4v) is 3.87. The summed E-state index contributed by atoms with van der Waals surface area (Å²) >= 11 is 0. The van der Waals surface area contributed by atoms with Crippen molar-refractivity contribution in [2.75, 3.05) is 36.0 Å². The maximum Gasteiger partial charge on any atom is 0.134 e. The Morgan fingerprint density at radius 2 is 1.92 bits per heavy atom. The highest BCUT2D eigenvalue weighted by atomic mass is 16.3. The summed E-state index contributed by atoms with van der Waals surface area (Å²) < 4.78 is 2.21. The summed E-state index contributed by atoms with van der Waals surface area (Å²) in [4.78, 5) is 17.6. The second-order valence-corrected chi connectivity index (χ2v) is 6.63. The van der Waals surface area contributed by atoms with Crippen LogP contribution in [0.5, 0.6) is 0 Å². The molecule has 1 atom stereocenters. The van der Waals surface area contributed by atoms with Gasteiger partial charge in [0.1, 0.15) is 18.0 Å². The first-order valence-electron chi connectivity index (χ1n) is 8.77. The lowest BCUT2D eigenvalue weighted by Gasteiger charge is -2.34. The predicted molar refractivity (Wildman–Crippen MR) is 92.2 cm³/mol. The second kappa shape index (κ2) is 6.76. The quantitative estimate of drug-likeness (QED) is 0.917. The molecule has 4 rings (SSSR count). The van der Waals surface area contributed by atoms with E-state index in [1.165, 1.54) is 0 Å². The molecule has 2 aliphatic rings. The molecule has 0 saturated carbocycles. The highest BCUT2D eigenvalue weighted by molar-refractivity contribution is 5.51. The summed E-state index contributed by atoms with van der Waals surface area (Å²) in [5, 5.41) is 9.53. The number of anilines is 2. The van der Waals surface area contributed by atoms with E-state index in [4.69, 9.17) is 0 Å². The van der Waals surface area contributed by atoms with Gasteiger partial charge in [-0.05, 0) is 25.7 Å². The molecule has 128 valence electrons. The molecule has 2 aromatic rings. The van der Waals surface area contributed by atoms with Gasteiger partial charge in [0.15, 0.2) is 0 Å². The van der Waals surface area contributed by atoms with Crippen LogP contribution in [0.15, 0.2) is 31.1 Å². The van der Waals surface area contributed by atoms with E-state index in [-0.39, 0.29) is 12.6 Å². The molecule has 7 heteroatoms. The van der Waals surface area contributed by atoms with Crippen molar-refractivity contribution in [3.63, 3.8) is 0 Å². The Labute approximate surface area is 142 Å².